The van der Waals surface area contributed by atoms with Gasteiger partial charge in [-0.1, -0.05) is 6.07 Å². The molecule has 0 aliphatic heterocycles. The van der Waals surface area contributed by atoms with Gasteiger partial charge in [0.2, 0.25) is 0 Å². The van der Waals surface area contributed by atoms with Gasteiger partial charge in [0.1, 0.15) is 18.4 Å². The highest BCUT2D eigenvalue weighted by Crippen LogP contribution is 2.22. The fraction of sp³-hybridized carbons (Fsp3) is 0.294. The predicted octanol–water partition coefficient (Wildman–Crippen LogP) is 2.56. The summed E-state index contributed by atoms with van der Waals surface area (Å²) in [4.78, 5) is 6.22. The van der Waals surface area contributed by atoms with Crippen LogP contribution in [0.1, 0.15) is 16.7 Å². The van der Waals surface area contributed by atoms with Crippen LogP contribution in [-0.2, 0) is 19.6 Å². The van der Waals surface area contributed by atoms with E-state index < -0.39 is 0 Å². The smallest absolute Gasteiger partial charge is 0.137 e. The third kappa shape index (κ3) is 3.98. The van der Waals surface area contributed by atoms with Crippen LogP contribution in [0.2, 0.25) is 0 Å². The van der Waals surface area contributed by atoms with E-state index in [9.17, 15) is 0 Å². The van der Waals surface area contributed by atoms with Gasteiger partial charge in [0.05, 0.1) is 26.2 Å². The first-order valence-corrected chi connectivity index (χ1v) is 7.42. The number of aromatic nitrogens is 3. The highest BCUT2D eigenvalue weighted by Gasteiger charge is 2.08. The van der Waals surface area contributed by atoms with Crippen molar-refractivity contribution in [3.63, 3.8) is 0 Å². The molecule has 2 aromatic heterocycles. The van der Waals surface area contributed by atoms with Crippen molar-refractivity contribution >= 4 is 0 Å². The van der Waals surface area contributed by atoms with Crippen LogP contribution in [0, 0.1) is 0 Å². The van der Waals surface area contributed by atoms with Gasteiger partial charge in [0.15, 0.2) is 0 Å². The van der Waals surface area contributed by atoms with Crippen LogP contribution in [0.4, 0.5) is 0 Å². The third-order valence-electron chi connectivity index (χ3n) is 3.63. The minimum Gasteiger partial charge on any atom is -0.496 e. The molecular weight excluding hydrogens is 292 g/mol. The predicted molar refractivity (Wildman–Crippen MR) is 86.0 cm³/mol. The first kappa shape index (κ1) is 15.3. The first-order chi connectivity index (χ1) is 11.2. The molecule has 0 fully saturated rings. The molecule has 6 heteroatoms. The second kappa shape index (κ2) is 7.11. The Hall–Kier alpha value is -2.60. The number of ether oxygens (including phenoxy) is 1. The Balaban J connectivity index is 1.72. The van der Waals surface area contributed by atoms with Crippen molar-refractivity contribution in [2.75, 3.05) is 14.2 Å². The number of methoxy groups -OCH3 is 1. The zero-order chi connectivity index (χ0) is 16.1. The van der Waals surface area contributed by atoms with Crippen molar-refractivity contribution in [1.82, 2.24) is 19.7 Å². The summed E-state index contributed by atoms with van der Waals surface area (Å²) >= 11 is 0. The van der Waals surface area contributed by atoms with E-state index in [1.807, 2.05) is 12.1 Å². The van der Waals surface area contributed by atoms with Crippen LogP contribution in [-0.4, -0.2) is 33.8 Å². The third-order valence-corrected chi connectivity index (χ3v) is 3.63. The standard InChI is InChI=1S/C17H20N4O2/c1-20(9-15-5-6-23-11-15)8-14-3-4-17(22-2)16(7-14)10-21-13-18-12-19-21/h3-7,11-13H,8-10H2,1-2H3. The molecule has 0 spiro atoms. The maximum Gasteiger partial charge on any atom is 0.137 e. The molecular formula is C17H20N4O2. The zero-order valence-corrected chi connectivity index (χ0v) is 13.3. The Morgan fingerprint density at radius 3 is 2.78 bits per heavy atom. The van der Waals surface area contributed by atoms with E-state index >= 15 is 0 Å². The summed E-state index contributed by atoms with van der Waals surface area (Å²) in [6.07, 6.45) is 6.72. The van der Waals surface area contributed by atoms with Crippen molar-refractivity contribution in [2.45, 2.75) is 19.6 Å². The molecule has 0 aliphatic carbocycles. The molecule has 0 bridgehead atoms. The number of nitrogens with zero attached hydrogens (tertiary/aromatic N) is 4. The summed E-state index contributed by atoms with van der Waals surface area (Å²) in [6, 6.07) is 8.25. The van der Waals surface area contributed by atoms with E-state index in [1.54, 1.807) is 30.6 Å². The topological polar surface area (TPSA) is 56.3 Å². The monoisotopic (exact) mass is 312 g/mol. The molecule has 0 saturated carbocycles. The van der Waals surface area contributed by atoms with Gasteiger partial charge in [-0.15, -0.1) is 0 Å². The lowest BCUT2D eigenvalue weighted by Gasteiger charge is -2.17. The lowest BCUT2D eigenvalue weighted by Crippen LogP contribution is -2.17. The number of hydrogen-bond donors (Lipinski definition) is 0. The highest BCUT2D eigenvalue weighted by molar-refractivity contribution is 5.37. The van der Waals surface area contributed by atoms with Crippen molar-refractivity contribution < 1.29 is 9.15 Å². The zero-order valence-electron chi connectivity index (χ0n) is 13.3. The maximum atomic E-state index is 5.45. The summed E-state index contributed by atoms with van der Waals surface area (Å²) in [5.41, 5.74) is 3.49. The molecule has 23 heavy (non-hydrogen) atoms. The molecule has 0 atom stereocenters. The number of rotatable bonds is 7. The fourth-order valence-electron chi connectivity index (χ4n) is 2.60. The average Bonchev–Trinajstić information content (AvgIpc) is 3.21. The Morgan fingerprint density at radius 2 is 2.09 bits per heavy atom. The number of hydrogen-bond acceptors (Lipinski definition) is 5. The second-order valence-electron chi connectivity index (χ2n) is 5.54. The van der Waals surface area contributed by atoms with Gasteiger partial charge in [-0.2, -0.15) is 5.10 Å². The molecule has 3 rings (SSSR count). The normalized spacial score (nSPS) is 11.1. The van der Waals surface area contributed by atoms with E-state index in [2.05, 4.69) is 34.2 Å². The number of benzene rings is 1. The van der Waals surface area contributed by atoms with Crippen LogP contribution in [0.25, 0.3) is 0 Å². The van der Waals surface area contributed by atoms with Crippen molar-refractivity contribution in [3.8, 4) is 5.75 Å². The molecule has 120 valence electrons. The lowest BCUT2D eigenvalue weighted by molar-refractivity contribution is 0.317. The minimum atomic E-state index is 0.641. The van der Waals surface area contributed by atoms with Gasteiger partial charge in [-0.25, -0.2) is 9.67 Å². The summed E-state index contributed by atoms with van der Waals surface area (Å²) in [5, 5.41) is 4.16. The van der Waals surface area contributed by atoms with Crippen LogP contribution < -0.4 is 4.74 Å². The van der Waals surface area contributed by atoms with Gasteiger partial charge in [-0.05, 0) is 30.8 Å². The second-order valence-corrected chi connectivity index (χ2v) is 5.54. The van der Waals surface area contributed by atoms with Crippen molar-refractivity contribution in [2.24, 2.45) is 0 Å². The molecule has 0 N–H and O–H groups in total. The van der Waals surface area contributed by atoms with Gasteiger partial charge < -0.3 is 9.15 Å². The Labute approximate surface area is 135 Å². The summed E-state index contributed by atoms with van der Waals surface area (Å²) in [7, 11) is 3.78. The molecule has 0 unspecified atom stereocenters. The molecule has 2 heterocycles. The van der Waals surface area contributed by atoms with Crippen LogP contribution in [0.5, 0.6) is 5.75 Å². The van der Waals surface area contributed by atoms with Gasteiger partial charge >= 0.3 is 0 Å². The van der Waals surface area contributed by atoms with Gasteiger partial charge in [-0.3, -0.25) is 4.90 Å². The van der Waals surface area contributed by atoms with Gasteiger partial charge in [0.25, 0.3) is 0 Å². The number of furan rings is 1. The molecule has 3 aromatic rings. The van der Waals surface area contributed by atoms with E-state index in [0.29, 0.717) is 6.54 Å². The van der Waals surface area contributed by atoms with E-state index in [1.165, 1.54) is 17.5 Å². The Kier molecular flexibility index (Phi) is 4.73. The summed E-state index contributed by atoms with van der Waals surface area (Å²) in [6.45, 7) is 2.34. The van der Waals surface area contributed by atoms with E-state index in [0.717, 1.165) is 24.4 Å². The van der Waals surface area contributed by atoms with E-state index in [-0.39, 0.29) is 0 Å². The molecule has 0 radical (unpaired) electrons. The molecule has 1 aromatic carbocycles. The largest absolute Gasteiger partial charge is 0.496 e. The van der Waals surface area contributed by atoms with E-state index in [4.69, 9.17) is 9.15 Å². The SMILES string of the molecule is COc1ccc(CN(C)Cc2ccoc2)cc1Cn1cncn1. The molecule has 6 nitrogen and oxygen atoms in total. The maximum absolute atomic E-state index is 5.45. The summed E-state index contributed by atoms with van der Waals surface area (Å²) < 4.78 is 12.4. The minimum absolute atomic E-state index is 0.641. The first-order valence-electron chi connectivity index (χ1n) is 7.42. The molecule has 0 amide bonds. The highest BCUT2D eigenvalue weighted by atomic mass is 16.5. The van der Waals surface area contributed by atoms with Crippen LogP contribution in [0.3, 0.4) is 0 Å². The van der Waals surface area contributed by atoms with Crippen molar-refractivity contribution in [3.05, 3.63) is 66.1 Å². The van der Waals surface area contributed by atoms with Crippen molar-refractivity contribution in [1.29, 1.82) is 0 Å². The lowest BCUT2D eigenvalue weighted by atomic mass is 10.1. The van der Waals surface area contributed by atoms with Crippen LogP contribution >= 0.6 is 0 Å². The Morgan fingerprint density at radius 1 is 1.22 bits per heavy atom. The molecule has 0 aliphatic rings. The Bertz CT molecular complexity index is 723. The summed E-state index contributed by atoms with van der Waals surface area (Å²) in [5.74, 6) is 0.863. The molecule has 0 saturated heterocycles. The average molecular weight is 312 g/mol. The van der Waals surface area contributed by atoms with Crippen LogP contribution in [0.15, 0.2) is 53.9 Å². The quantitative estimate of drug-likeness (QED) is 0.671. The van der Waals surface area contributed by atoms with Gasteiger partial charge in [0, 0.05) is 24.2 Å². The fourth-order valence-corrected chi connectivity index (χ4v) is 2.60.